The van der Waals surface area contributed by atoms with Crippen molar-refractivity contribution in [3.8, 4) is 0 Å². The van der Waals surface area contributed by atoms with Crippen molar-refractivity contribution in [2.24, 2.45) is 0 Å². The second kappa shape index (κ2) is 10.0. The van der Waals surface area contributed by atoms with E-state index in [0.29, 0.717) is 26.5 Å². The van der Waals surface area contributed by atoms with E-state index < -0.39 is 26.6 Å². The third-order valence-electron chi connectivity index (χ3n) is 4.85. The summed E-state index contributed by atoms with van der Waals surface area (Å²) in [6, 6.07) is 11.7. The lowest BCUT2D eigenvalue weighted by Crippen LogP contribution is -2.16. The molecule has 0 fully saturated rings. The summed E-state index contributed by atoms with van der Waals surface area (Å²) in [5, 5.41) is 14.5. The van der Waals surface area contributed by atoms with Gasteiger partial charge >= 0.3 is 5.97 Å². The van der Waals surface area contributed by atoms with Crippen molar-refractivity contribution in [1.29, 1.82) is 0 Å². The highest BCUT2D eigenvalue weighted by Crippen LogP contribution is 2.34. The lowest BCUT2D eigenvalue weighted by Gasteiger charge is -2.13. The molecule has 0 aliphatic rings. The maximum absolute atomic E-state index is 13.1. The van der Waals surface area contributed by atoms with Gasteiger partial charge in [0.1, 0.15) is 9.90 Å². The largest absolute Gasteiger partial charge is 0.462 e. The van der Waals surface area contributed by atoms with Crippen LogP contribution in [0, 0.1) is 17.0 Å². The first-order valence-corrected chi connectivity index (χ1v) is 13.0. The molecule has 0 atom stereocenters. The Hall–Kier alpha value is -3.81. The predicted octanol–water partition coefficient (Wildman–Crippen LogP) is 5.28. The number of nitrogens with one attached hydrogen (secondary N) is 2. The number of aryl methyl sites for hydroxylation is 1. The van der Waals surface area contributed by atoms with Gasteiger partial charge < -0.3 is 10.1 Å². The Kier molecular flexibility index (Phi) is 7.06. The summed E-state index contributed by atoms with van der Waals surface area (Å²) in [6.45, 7) is 3.68. The maximum Gasteiger partial charge on any atom is 0.348 e. The smallest absolute Gasteiger partial charge is 0.348 e. The number of hydrogen-bond acceptors (Lipinski definition) is 10. The van der Waals surface area contributed by atoms with Gasteiger partial charge in [-0.3, -0.25) is 14.8 Å². The number of ether oxygens (including phenoxy) is 1. The molecule has 2 aromatic carbocycles. The lowest BCUT2D eigenvalue weighted by atomic mass is 10.3. The fraction of sp³-hybridized carbons (Fsp3) is 0.136. The molecule has 4 aromatic rings. The van der Waals surface area contributed by atoms with Crippen molar-refractivity contribution >= 4 is 72.3 Å². The van der Waals surface area contributed by atoms with E-state index in [-0.39, 0.29) is 28.2 Å². The number of aromatic nitrogens is 2. The highest BCUT2D eigenvalue weighted by molar-refractivity contribution is 7.92. The zero-order valence-corrected chi connectivity index (χ0v) is 21.2. The molecule has 0 amide bonds. The van der Waals surface area contributed by atoms with E-state index in [1.807, 2.05) is 0 Å². The number of halogens is 1. The fourth-order valence-electron chi connectivity index (χ4n) is 3.20. The third kappa shape index (κ3) is 5.22. The van der Waals surface area contributed by atoms with Gasteiger partial charge in [-0.25, -0.2) is 23.2 Å². The van der Waals surface area contributed by atoms with E-state index in [4.69, 9.17) is 16.3 Å². The Bertz CT molecular complexity index is 1610. The molecule has 2 N–H and O–H groups in total. The van der Waals surface area contributed by atoms with Crippen LogP contribution in [0.4, 0.5) is 22.3 Å². The molecule has 4 rings (SSSR count). The number of anilines is 3. The predicted molar refractivity (Wildman–Crippen MR) is 137 cm³/mol. The number of fused-ring (bicyclic) bond motifs is 1. The van der Waals surface area contributed by atoms with Gasteiger partial charge in [0.25, 0.3) is 15.7 Å². The van der Waals surface area contributed by atoms with Gasteiger partial charge in [0.15, 0.2) is 11.6 Å². The second-order valence-electron chi connectivity index (χ2n) is 7.35. The third-order valence-corrected chi connectivity index (χ3v) is 7.64. The molecular weight excluding hydrogens is 530 g/mol. The average molecular weight is 548 g/mol. The first kappa shape index (κ1) is 25.3. The normalized spacial score (nSPS) is 11.3. The van der Waals surface area contributed by atoms with Gasteiger partial charge in [0, 0.05) is 6.07 Å². The zero-order valence-electron chi connectivity index (χ0n) is 18.8. The lowest BCUT2D eigenvalue weighted by molar-refractivity contribution is -0.384. The summed E-state index contributed by atoms with van der Waals surface area (Å²) < 4.78 is 33.7. The number of sulfonamides is 1. The van der Waals surface area contributed by atoms with Crippen molar-refractivity contribution in [3.63, 3.8) is 0 Å². The minimum Gasteiger partial charge on any atom is -0.462 e. The van der Waals surface area contributed by atoms with Crippen molar-refractivity contribution < 1.29 is 22.9 Å². The number of nitro benzene ring substituents is 1. The van der Waals surface area contributed by atoms with Crippen LogP contribution in [0.25, 0.3) is 11.0 Å². The molecule has 0 bridgehead atoms. The molecule has 0 spiro atoms. The van der Waals surface area contributed by atoms with E-state index >= 15 is 0 Å². The molecule has 0 aliphatic carbocycles. The van der Waals surface area contributed by atoms with Crippen LogP contribution in [0.5, 0.6) is 0 Å². The zero-order chi connectivity index (χ0) is 26.0. The monoisotopic (exact) mass is 547 g/mol. The number of rotatable bonds is 8. The van der Waals surface area contributed by atoms with Crippen LogP contribution >= 0.6 is 22.9 Å². The first-order chi connectivity index (χ1) is 17.1. The molecule has 0 radical (unpaired) electrons. The van der Waals surface area contributed by atoms with Crippen molar-refractivity contribution in [1.82, 2.24) is 9.97 Å². The number of nitrogens with zero attached hydrogens (tertiary/aromatic N) is 3. The number of hydrogen-bond donors (Lipinski definition) is 2. The van der Waals surface area contributed by atoms with E-state index in [0.717, 1.165) is 29.5 Å². The van der Waals surface area contributed by atoms with Crippen LogP contribution in [-0.2, 0) is 14.8 Å². The number of nitro groups is 1. The number of para-hydroxylation sites is 2. The molecule has 2 heterocycles. The summed E-state index contributed by atoms with van der Waals surface area (Å²) in [5.74, 6) is -0.546. The number of thiophene rings is 1. The van der Waals surface area contributed by atoms with Crippen LogP contribution in [0.2, 0.25) is 5.02 Å². The highest BCUT2D eigenvalue weighted by atomic mass is 35.5. The molecule has 0 aliphatic heterocycles. The van der Waals surface area contributed by atoms with Crippen LogP contribution in [0.1, 0.15) is 22.2 Å². The molecule has 2 aromatic heterocycles. The van der Waals surface area contributed by atoms with Gasteiger partial charge in [0.2, 0.25) is 0 Å². The first-order valence-electron chi connectivity index (χ1n) is 10.4. The van der Waals surface area contributed by atoms with E-state index in [1.165, 1.54) is 0 Å². The van der Waals surface area contributed by atoms with Crippen LogP contribution in [0.3, 0.4) is 0 Å². The molecule has 14 heteroatoms. The topological polar surface area (TPSA) is 153 Å². The summed E-state index contributed by atoms with van der Waals surface area (Å²) in [4.78, 5) is 31.5. The number of esters is 1. The summed E-state index contributed by atoms with van der Waals surface area (Å²) in [5.41, 5.74) is 1.02. The number of benzene rings is 2. The summed E-state index contributed by atoms with van der Waals surface area (Å²) in [6.07, 6.45) is 0. The van der Waals surface area contributed by atoms with Crippen LogP contribution in [-0.4, -0.2) is 35.9 Å². The van der Waals surface area contributed by atoms with Gasteiger partial charge in [-0.2, -0.15) is 0 Å². The summed E-state index contributed by atoms with van der Waals surface area (Å²) in [7, 11) is -4.32. The second-order valence-corrected chi connectivity index (χ2v) is 10.5. The Morgan fingerprint density at radius 3 is 2.44 bits per heavy atom. The highest BCUT2D eigenvalue weighted by Gasteiger charge is 2.24. The fourth-order valence-corrected chi connectivity index (χ4v) is 5.38. The van der Waals surface area contributed by atoms with Gasteiger partial charge in [-0.15, -0.1) is 11.3 Å². The quantitative estimate of drug-likeness (QED) is 0.170. The minimum absolute atomic E-state index is 0.0670. The number of carbonyl (C=O) groups excluding carboxylic acids is 1. The molecule has 36 heavy (non-hydrogen) atoms. The number of carbonyl (C=O) groups is 1. The van der Waals surface area contributed by atoms with Crippen molar-refractivity contribution in [2.75, 3.05) is 16.6 Å². The molecule has 11 nitrogen and oxygen atoms in total. The molecule has 186 valence electrons. The van der Waals surface area contributed by atoms with Gasteiger partial charge in [-0.05, 0) is 49.7 Å². The SMILES string of the molecule is CCOC(=O)c1sc(Nc2nc3ccccc3nc2NS(=O)(=O)c2ccc(Cl)c([N+](=O)[O-])c2)cc1C. The van der Waals surface area contributed by atoms with E-state index in [1.54, 1.807) is 44.2 Å². The molecule has 0 saturated carbocycles. The Morgan fingerprint density at radius 2 is 1.81 bits per heavy atom. The van der Waals surface area contributed by atoms with Crippen molar-refractivity contribution in [2.45, 2.75) is 18.7 Å². The molecular formula is C22H18ClN5O6S2. The average Bonchev–Trinajstić information content (AvgIpc) is 3.19. The Labute approximate surface area is 214 Å². The standard InChI is InChI=1S/C22H18ClN5O6S2/c1-3-34-22(29)19-12(2)10-18(35-19)26-20-21(25-16-7-5-4-6-15(16)24-20)27-36(32,33)13-8-9-14(23)17(11-13)28(30)31/h4-11H,3H2,1-2H3,(H,24,26)(H,25,27). The Morgan fingerprint density at radius 1 is 1.14 bits per heavy atom. The van der Waals surface area contributed by atoms with E-state index in [9.17, 15) is 23.3 Å². The molecule has 0 saturated heterocycles. The molecule has 0 unspecified atom stereocenters. The van der Waals surface area contributed by atoms with Gasteiger partial charge in [0.05, 0.1) is 32.5 Å². The van der Waals surface area contributed by atoms with E-state index in [2.05, 4.69) is 20.0 Å². The minimum atomic E-state index is -4.32. The van der Waals surface area contributed by atoms with Crippen LogP contribution < -0.4 is 10.0 Å². The van der Waals surface area contributed by atoms with Crippen LogP contribution in [0.15, 0.2) is 53.4 Å². The van der Waals surface area contributed by atoms with Gasteiger partial charge in [-0.1, -0.05) is 23.7 Å². The Balaban J connectivity index is 1.75. The maximum atomic E-state index is 13.1. The summed E-state index contributed by atoms with van der Waals surface area (Å²) >= 11 is 6.94. The van der Waals surface area contributed by atoms with Crippen molar-refractivity contribution in [3.05, 3.63) is 74.1 Å².